The Morgan fingerprint density at radius 3 is 0.942 bits per heavy atom. The molecule has 0 saturated carbocycles. The van der Waals surface area contributed by atoms with Crippen molar-refractivity contribution in [2.24, 2.45) is 0 Å². The van der Waals surface area contributed by atoms with Gasteiger partial charge in [-0.15, -0.1) is 0 Å². The zero-order valence-corrected chi connectivity index (χ0v) is 45.6. The molecule has 0 N–H and O–H groups in total. The van der Waals surface area contributed by atoms with Gasteiger partial charge in [0.05, 0.1) is 0 Å². The number of carbonyl (C=O) groups excluding carboxylic acids is 3. The molecule has 0 spiro atoms. The second kappa shape index (κ2) is 57.4. The normalized spacial score (nSPS) is 12.6. The Balaban J connectivity index is 4.45. The predicted molar refractivity (Wildman–Crippen MR) is 298 cm³/mol. The van der Waals surface area contributed by atoms with Crippen LogP contribution < -0.4 is 0 Å². The molecule has 0 aliphatic rings. The Kier molecular flexibility index (Phi) is 54.8. The third-order valence-electron chi connectivity index (χ3n) is 12.7. The lowest BCUT2D eigenvalue weighted by molar-refractivity contribution is -0.167. The smallest absolute Gasteiger partial charge is 0.306 e. The molecular weight excluding hydrogens is 853 g/mol. The highest BCUT2D eigenvalue weighted by atomic mass is 16.6. The fourth-order valence-corrected chi connectivity index (χ4v) is 8.30. The number of esters is 3. The van der Waals surface area contributed by atoms with E-state index in [1.807, 2.05) is 0 Å². The number of rotatable bonds is 53. The van der Waals surface area contributed by atoms with Crippen molar-refractivity contribution in [2.45, 2.75) is 297 Å². The highest BCUT2D eigenvalue weighted by molar-refractivity contribution is 5.71. The molecule has 1 unspecified atom stereocenters. The molecular formula is C63H110O6. The largest absolute Gasteiger partial charge is 0.462 e. The van der Waals surface area contributed by atoms with Gasteiger partial charge in [-0.3, -0.25) is 14.4 Å². The summed E-state index contributed by atoms with van der Waals surface area (Å²) in [5.41, 5.74) is 0. The van der Waals surface area contributed by atoms with Crippen LogP contribution in [0.2, 0.25) is 0 Å². The van der Waals surface area contributed by atoms with Crippen LogP contribution in [-0.4, -0.2) is 37.2 Å². The Bertz CT molecular complexity index is 1290. The van der Waals surface area contributed by atoms with Gasteiger partial charge in [-0.1, -0.05) is 261 Å². The highest BCUT2D eigenvalue weighted by Gasteiger charge is 2.19. The van der Waals surface area contributed by atoms with E-state index in [-0.39, 0.29) is 37.5 Å². The Labute approximate surface area is 427 Å². The van der Waals surface area contributed by atoms with Crippen molar-refractivity contribution in [3.8, 4) is 0 Å². The molecule has 1 atom stereocenters. The summed E-state index contributed by atoms with van der Waals surface area (Å²) in [4.78, 5) is 38.2. The van der Waals surface area contributed by atoms with Gasteiger partial charge in [-0.05, 0) is 83.5 Å². The van der Waals surface area contributed by atoms with Crippen LogP contribution >= 0.6 is 0 Å². The molecule has 6 heteroatoms. The standard InChI is InChI=1S/C63H110O6/c1-4-7-10-13-16-19-22-25-28-31-33-35-38-41-44-47-50-53-56-62(65)68-59-60(58-67-61(64)55-52-49-46-43-40-37-34-30-27-24-21-18-15-12-9-6-3)69-63(66)57-54-51-48-45-42-39-36-32-29-26-23-20-17-14-11-8-5-2/h8,11,17,20,26,29-30,34,36,39,45,48,60H,4-7,9-10,12-16,18-19,21-25,27-28,31-33,35,37-38,40-44,46-47,49-59H2,1-3H3/b11-8-,20-17-,29-26-,34-30-,39-36-,48-45-. The van der Waals surface area contributed by atoms with Gasteiger partial charge in [0.1, 0.15) is 13.2 Å². The minimum absolute atomic E-state index is 0.0981. The van der Waals surface area contributed by atoms with E-state index in [0.29, 0.717) is 19.3 Å². The summed E-state index contributed by atoms with van der Waals surface area (Å²) in [7, 11) is 0. The number of ether oxygens (including phenoxy) is 3. The maximum Gasteiger partial charge on any atom is 0.306 e. The number of hydrogen-bond donors (Lipinski definition) is 0. The quantitative estimate of drug-likeness (QED) is 0.0262. The van der Waals surface area contributed by atoms with Crippen LogP contribution in [0, 0.1) is 0 Å². The lowest BCUT2D eigenvalue weighted by Gasteiger charge is -2.18. The summed E-state index contributed by atoms with van der Waals surface area (Å²) >= 11 is 0. The summed E-state index contributed by atoms with van der Waals surface area (Å²) < 4.78 is 16.8. The van der Waals surface area contributed by atoms with Crippen molar-refractivity contribution in [1.82, 2.24) is 0 Å². The second-order valence-electron chi connectivity index (χ2n) is 19.5. The van der Waals surface area contributed by atoms with E-state index in [9.17, 15) is 14.4 Å². The van der Waals surface area contributed by atoms with Gasteiger partial charge < -0.3 is 14.2 Å². The summed E-state index contributed by atoms with van der Waals surface area (Å²) in [6.45, 7) is 6.50. The fraction of sp³-hybridized carbons (Fsp3) is 0.762. The Hall–Kier alpha value is -3.15. The number of hydrogen-bond acceptors (Lipinski definition) is 6. The van der Waals surface area contributed by atoms with Gasteiger partial charge in [0, 0.05) is 19.3 Å². The molecule has 6 nitrogen and oxygen atoms in total. The van der Waals surface area contributed by atoms with Gasteiger partial charge >= 0.3 is 17.9 Å². The number of allylic oxidation sites excluding steroid dienone is 12. The summed E-state index contributed by atoms with van der Waals surface area (Å²) in [6.07, 6.45) is 73.3. The summed E-state index contributed by atoms with van der Waals surface area (Å²) in [5, 5.41) is 0. The van der Waals surface area contributed by atoms with Crippen molar-refractivity contribution in [3.63, 3.8) is 0 Å². The zero-order chi connectivity index (χ0) is 50.0. The molecule has 398 valence electrons. The first-order valence-electron chi connectivity index (χ1n) is 29.4. The van der Waals surface area contributed by atoms with Crippen LogP contribution in [0.5, 0.6) is 0 Å². The molecule has 0 bridgehead atoms. The van der Waals surface area contributed by atoms with Crippen LogP contribution in [0.25, 0.3) is 0 Å². The predicted octanol–water partition coefficient (Wildman–Crippen LogP) is 19.8. The minimum Gasteiger partial charge on any atom is -0.462 e. The topological polar surface area (TPSA) is 78.9 Å². The molecule has 0 saturated heterocycles. The van der Waals surface area contributed by atoms with Crippen molar-refractivity contribution < 1.29 is 28.6 Å². The molecule has 0 rings (SSSR count). The first kappa shape index (κ1) is 65.8. The van der Waals surface area contributed by atoms with Gasteiger partial charge in [0.2, 0.25) is 0 Å². The molecule has 0 aliphatic carbocycles. The lowest BCUT2D eigenvalue weighted by Crippen LogP contribution is -2.30. The maximum atomic E-state index is 12.8. The maximum absolute atomic E-state index is 12.8. The molecule has 69 heavy (non-hydrogen) atoms. The van der Waals surface area contributed by atoms with Crippen LogP contribution in [0.15, 0.2) is 72.9 Å². The number of carbonyl (C=O) groups is 3. The van der Waals surface area contributed by atoms with Crippen LogP contribution in [0.4, 0.5) is 0 Å². The fourth-order valence-electron chi connectivity index (χ4n) is 8.30. The highest BCUT2D eigenvalue weighted by Crippen LogP contribution is 2.16. The summed E-state index contributed by atoms with van der Waals surface area (Å²) in [6, 6.07) is 0. The summed E-state index contributed by atoms with van der Waals surface area (Å²) in [5.74, 6) is -0.954. The van der Waals surface area contributed by atoms with Crippen molar-refractivity contribution in [3.05, 3.63) is 72.9 Å². The van der Waals surface area contributed by atoms with E-state index >= 15 is 0 Å². The Morgan fingerprint density at radius 1 is 0.304 bits per heavy atom. The molecule has 0 aromatic heterocycles. The average molecular weight is 964 g/mol. The molecule has 0 aliphatic heterocycles. The van der Waals surface area contributed by atoms with Crippen molar-refractivity contribution >= 4 is 17.9 Å². The van der Waals surface area contributed by atoms with E-state index in [4.69, 9.17) is 14.2 Å². The number of unbranched alkanes of at least 4 members (excludes halogenated alkanes) is 30. The van der Waals surface area contributed by atoms with E-state index in [2.05, 4.69) is 93.7 Å². The van der Waals surface area contributed by atoms with Gasteiger partial charge in [-0.2, -0.15) is 0 Å². The van der Waals surface area contributed by atoms with Crippen LogP contribution in [0.3, 0.4) is 0 Å². The first-order chi connectivity index (χ1) is 34.0. The van der Waals surface area contributed by atoms with Gasteiger partial charge in [0.15, 0.2) is 6.10 Å². The van der Waals surface area contributed by atoms with E-state index in [1.54, 1.807) is 0 Å². The van der Waals surface area contributed by atoms with E-state index < -0.39 is 6.10 Å². The van der Waals surface area contributed by atoms with Crippen molar-refractivity contribution in [2.75, 3.05) is 13.2 Å². The Morgan fingerprint density at radius 2 is 0.580 bits per heavy atom. The molecule has 0 heterocycles. The van der Waals surface area contributed by atoms with E-state index in [0.717, 1.165) is 83.5 Å². The zero-order valence-electron chi connectivity index (χ0n) is 45.6. The first-order valence-corrected chi connectivity index (χ1v) is 29.4. The molecule has 0 aromatic rings. The van der Waals surface area contributed by atoms with Crippen LogP contribution in [-0.2, 0) is 28.6 Å². The lowest BCUT2D eigenvalue weighted by atomic mass is 10.0. The molecule has 0 fully saturated rings. The average Bonchev–Trinajstić information content (AvgIpc) is 3.35. The van der Waals surface area contributed by atoms with E-state index in [1.165, 1.54) is 161 Å². The third-order valence-corrected chi connectivity index (χ3v) is 12.7. The minimum atomic E-state index is -0.807. The van der Waals surface area contributed by atoms with Crippen molar-refractivity contribution in [1.29, 1.82) is 0 Å². The molecule has 0 radical (unpaired) electrons. The monoisotopic (exact) mass is 963 g/mol. The SMILES string of the molecule is CC/C=C\C/C=C\C/C=C\C/C=C\C/C=C\CCCC(=O)OC(COC(=O)CCCCCCC/C=C\CCCCCCCCC)COC(=O)CCCCCCCCCCCCCCCCCCCC. The van der Waals surface area contributed by atoms with Gasteiger partial charge in [-0.25, -0.2) is 0 Å². The second-order valence-corrected chi connectivity index (χ2v) is 19.5. The van der Waals surface area contributed by atoms with Crippen LogP contribution in [0.1, 0.15) is 290 Å². The third kappa shape index (κ3) is 55.6. The molecule has 0 aromatic carbocycles. The molecule has 0 amide bonds. The van der Waals surface area contributed by atoms with Gasteiger partial charge in [0.25, 0.3) is 0 Å².